The second-order valence-electron chi connectivity index (χ2n) is 11.7. The molecule has 45 heavy (non-hydrogen) atoms. The summed E-state index contributed by atoms with van der Waals surface area (Å²) < 4.78 is 66.4. The van der Waals surface area contributed by atoms with Crippen molar-refractivity contribution in [2.24, 2.45) is 0 Å². The molecule has 10 nitrogen and oxygen atoms in total. The summed E-state index contributed by atoms with van der Waals surface area (Å²) in [5.74, 6) is -0.862. The Morgan fingerprint density at radius 1 is 1.22 bits per heavy atom. The minimum absolute atomic E-state index is 0.0474. The fourth-order valence-corrected chi connectivity index (χ4v) is 7.46. The third-order valence-electron chi connectivity index (χ3n) is 8.37. The standard InChI is InChI=1S/C30H29ClF3N3O7S/c1-14-22-25(38)37(30(2,3)27(31)39)29(40)36(26(22)45-23(14)24-35-8-9-41-24)13-21(43-18-11-16-5-6-17(12-18)42-16)19-10-15(32)4-7-20(19)44-28(33)34/h4,7-10,16-18,21,28H,5-6,11-13H2,1-3H3/t16-,17+,18?,21-/m0/s1. The van der Waals surface area contributed by atoms with Crippen LogP contribution >= 0.6 is 22.9 Å². The molecule has 0 spiro atoms. The highest BCUT2D eigenvalue weighted by Crippen LogP contribution is 2.40. The molecule has 2 aliphatic rings. The molecule has 3 aromatic heterocycles. The van der Waals surface area contributed by atoms with E-state index in [0.29, 0.717) is 23.3 Å². The fourth-order valence-electron chi connectivity index (χ4n) is 6.14. The lowest BCUT2D eigenvalue weighted by atomic mass is 10.0. The highest BCUT2D eigenvalue weighted by molar-refractivity contribution is 7.22. The molecule has 0 N–H and O–H groups in total. The summed E-state index contributed by atoms with van der Waals surface area (Å²) in [7, 11) is 0. The van der Waals surface area contributed by atoms with Gasteiger partial charge in [-0.25, -0.2) is 18.7 Å². The normalized spacial score (nSPS) is 20.7. The molecule has 5 heterocycles. The largest absolute Gasteiger partial charge is 0.444 e. The molecule has 0 amide bonds. The minimum atomic E-state index is -3.22. The maximum absolute atomic E-state index is 14.7. The predicted molar refractivity (Wildman–Crippen MR) is 159 cm³/mol. The van der Waals surface area contributed by atoms with E-state index in [0.717, 1.165) is 46.9 Å². The topological polar surface area (TPSA) is 115 Å². The van der Waals surface area contributed by atoms with Gasteiger partial charge in [-0.2, -0.15) is 8.78 Å². The Bertz CT molecular complexity index is 1860. The zero-order valence-electron chi connectivity index (χ0n) is 24.4. The average molecular weight is 668 g/mol. The summed E-state index contributed by atoms with van der Waals surface area (Å²) >= 11 is 6.94. The molecule has 2 bridgehead atoms. The molecule has 0 radical (unpaired) electrons. The third kappa shape index (κ3) is 5.84. The van der Waals surface area contributed by atoms with E-state index < -0.39 is 46.7 Å². The zero-order chi connectivity index (χ0) is 32.2. The first-order valence-electron chi connectivity index (χ1n) is 14.3. The number of hydrogen-bond acceptors (Lipinski definition) is 9. The maximum atomic E-state index is 14.7. The van der Waals surface area contributed by atoms with E-state index in [1.165, 1.54) is 30.9 Å². The number of thiophene rings is 1. The summed E-state index contributed by atoms with van der Waals surface area (Å²) in [6.07, 6.45) is 3.80. The summed E-state index contributed by atoms with van der Waals surface area (Å²) in [4.78, 5) is 45.5. The van der Waals surface area contributed by atoms with Crippen molar-refractivity contribution in [3.05, 3.63) is 68.4 Å². The van der Waals surface area contributed by atoms with E-state index in [1.54, 1.807) is 6.92 Å². The molecular formula is C30H29ClF3N3O7S. The van der Waals surface area contributed by atoms with Crippen LogP contribution in [0.15, 0.2) is 44.7 Å². The van der Waals surface area contributed by atoms with Gasteiger partial charge in [0, 0.05) is 5.56 Å². The SMILES string of the molecule is Cc1c(-c2ncco2)sc2c1c(=O)n(C(C)(C)C(=O)Cl)c(=O)n2C[C@H](OC1C[C@H]2CC[C@@H](C1)O2)c1cc(F)ccc1OC(F)F. The van der Waals surface area contributed by atoms with Crippen molar-refractivity contribution < 1.29 is 36.6 Å². The molecule has 0 aliphatic carbocycles. The molecule has 6 rings (SSSR count). The Labute approximate surface area is 263 Å². The van der Waals surface area contributed by atoms with Crippen LogP contribution in [-0.2, 0) is 26.4 Å². The van der Waals surface area contributed by atoms with Crippen LogP contribution in [0.5, 0.6) is 5.75 Å². The van der Waals surface area contributed by atoms with Crippen LogP contribution < -0.4 is 16.0 Å². The molecule has 15 heteroatoms. The number of oxazole rings is 1. The van der Waals surface area contributed by atoms with Crippen molar-refractivity contribution in [1.29, 1.82) is 0 Å². The lowest BCUT2D eigenvalue weighted by Crippen LogP contribution is -2.51. The number of fused-ring (bicyclic) bond motifs is 3. The number of halogens is 4. The van der Waals surface area contributed by atoms with Crippen LogP contribution in [0.2, 0.25) is 0 Å². The lowest BCUT2D eigenvalue weighted by Gasteiger charge is -2.33. The Balaban J connectivity index is 1.57. The van der Waals surface area contributed by atoms with E-state index in [-0.39, 0.29) is 46.2 Å². The Kier molecular flexibility index (Phi) is 8.44. The number of ether oxygens (including phenoxy) is 3. The van der Waals surface area contributed by atoms with Crippen molar-refractivity contribution in [3.8, 4) is 16.5 Å². The van der Waals surface area contributed by atoms with E-state index in [2.05, 4.69) is 4.98 Å². The van der Waals surface area contributed by atoms with Gasteiger partial charge in [0.15, 0.2) is 0 Å². The monoisotopic (exact) mass is 667 g/mol. The number of alkyl halides is 2. The minimum Gasteiger partial charge on any atom is -0.444 e. The van der Waals surface area contributed by atoms with E-state index in [1.807, 2.05) is 0 Å². The maximum Gasteiger partial charge on any atom is 0.387 e. The molecule has 2 fully saturated rings. The number of aryl methyl sites for hydroxylation is 1. The van der Waals surface area contributed by atoms with Gasteiger partial charge in [0.2, 0.25) is 11.1 Å². The van der Waals surface area contributed by atoms with Crippen molar-refractivity contribution >= 4 is 38.4 Å². The number of aromatic nitrogens is 3. The Hall–Kier alpha value is -3.46. The second-order valence-corrected chi connectivity index (χ2v) is 13.0. The van der Waals surface area contributed by atoms with E-state index >= 15 is 0 Å². The highest BCUT2D eigenvalue weighted by Gasteiger charge is 2.39. The fraction of sp³-hybridized carbons (Fsp3) is 0.467. The van der Waals surface area contributed by atoms with Gasteiger partial charge in [0.05, 0.1) is 41.3 Å². The van der Waals surface area contributed by atoms with Gasteiger partial charge in [-0.15, -0.1) is 11.3 Å². The number of carbonyl (C=O) groups excluding carboxylic acids is 1. The van der Waals surface area contributed by atoms with Gasteiger partial charge in [-0.3, -0.25) is 14.2 Å². The number of nitrogens with zero attached hydrogens (tertiary/aromatic N) is 3. The Morgan fingerprint density at radius 2 is 1.93 bits per heavy atom. The van der Waals surface area contributed by atoms with Gasteiger partial charge in [0.1, 0.15) is 34.3 Å². The van der Waals surface area contributed by atoms with Crippen LogP contribution in [0.1, 0.15) is 56.8 Å². The zero-order valence-corrected chi connectivity index (χ0v) is 26.0. The first-order valence-corrected chi connectivity index (χ1v) is 15.5. The van der Waals surface area contributed by atoms with Gasteiger partial charge in [0.25, 0.3) is 5.56 Å². The molecule has 1 aromatic carbocycles. The summed E-state index contributed by atoms with van der Waals surface area (Å²) in [5, 5.41) is -0.860. The number of carbonyl (C=O) groups is 1. The van der Waals surface area contributed by atoms with Crippen LogP contribution in [0, 0.1) is 12.7 Å². The van der Waals surface area contributed by atoms with Gasteiger partial charge in [-0.1, -0.05) is 0 Å². The van der Waals surface area contributed by atoms with Crippen LogP contribution in [-0.4, -0.2) is 44.3 Å². The van der Waals surface area contributed by atoms with Crippen molar-refractivity contribution in [3.63, 3.8) is 0 Å². The van der Waals surface area contributed by atoms with Gasteiger partial charge in [-0.05, 0) is 81.8 Å². The van der Waals surface area contributed by atoms with Crippen LogP contribution in [0.3, 0.4) is 0 Å². The number of rotatable bonds is 10. The van der Waals surface area contributed by atoms with Gasteiger partial charge < -0.3 is 18.6 Å². The first kappa shape index (κ1) is 31.5. The molecular weight excluding hydrogens is 639 g/mol. The van der Waals surface area contributed by atoms with Crippen molar-refractivity contribution in [1.82, 2.24) is 14.1 Å². The molecule has 4 aromatic rings. The summed E-state index contributed by atoms with van der Waals surface area (Å²) in [6.45, 7) is 0.754. The van der Waals surface area contributed by atoms with E-state index in [9.17, 15) is 27.6 Å². The third-order valence-corrected chi connectivity index (χ3v) is 10.1. The molecule has 2 aliphatic heterocycles. The number of benzene rings is 1. The number of hydrogen-bond donors (Lipinski definition) is 0. The summed E-state index contributed by atoms with van der Waals surface area (Å²) in [5.41, 5.74) is -3.06. The Morgan fingerprint density at radius 3 is 2.56 bits per heavy atom. The van der Waals surface area contributed by atoms with Crippen molar-refractivity contribution in [2.45, 2.75) is 89.6 Å². The van der Waals surface area contributed by atoms with Gasteiger partial charge >= 0.3 is 12.3 Å². The molecule has 4 atom stereocenters. The average Bonchev–Trinajstić information content (AvgIpc) is 3.70. The molecule has 2 saturated heterocycles. The summed E-state index contributed by atoms with van der Waals surface area (Å²) in [6, 6.07) is 3.08. The van der Waals surface area contributed by atoms with Crippen LogP contribution in [0.25, 0.3) is 21.0 Å². The smallest absolute Gasteiger partial charge is 0.387 e. The predicted octanol–water partition coefficient (Wildman–Crippen LogP) is 5.90. The first-order chi connectivity index (χ1) is 21.3. The van der Waals surface area contributed by atoms with Crippen LogP contribution in [0.4, 0.5) is 13.2 Å². The highest BCUT2D eigenvalue weighted by atomic mass is 35.5. The lowest BCUT2D eigenvalue weighted by molar-refractivity contribution is -0.118. The quantitative estimate of drug-likeness (QED) is 0.192. The second kappa shape index (κ2) is 12.0. The van der Waals surface area contributed by atoms with E-state index in [4.69, 9.17) is 30.2 Å². The molecule has 0 saturated carbocycles. The molecule has 240 valence electrons. The molecule has 1 unspecified atom stereocenters. The van der Waals surface area contributed by atoms with Crippen molar-refractivity contribution in [2.75, 3.05) is 0 Å².